The van der Waals surface area contributed by atoms with Crippen molar-refractivity contribution in [2.45, 2.75) is 6.04 Å². The van der Waals surface area contributed by atoms with Crippen LogP contribution in [0.1, 0.15) is 17.2 Å². The quantitative estimate of drug-likeness (QED) is 0.806. The Bertz CT molecular complexity index is 856. The number of nitrogens with one attached hydrogen (secondary N) is 1. The molecular weight excluding hydrogens is 290 g/mol. The number of anilines is 1. The van der Waals surface area contributed by atoms with Gasteiger partial charge in [0.1, 0.15) is 11.8 Å². The van der Waals surface area contributed by atoms with E-state index in [1.54, 1.807) is 11.8 Å². The third kappa shape index (κ3) is 2.44. The molecule has 0 fully saturated rings. The Hall–Kier alpha value is -3.15. The smallest absolute Gasteiger partial charge is 0.248 e. The van der Waals surface area contributed by atoms with E-state index in [2.05, 4.69) is 39.1 Å². The van der Waals surface area contributed by atoms with E-state index in [1.807, 2.05) is 42.5 Å². The van der Waals surface area contributed by atoms with E-state index in [4.69, 9.17) is 4.74 Å². The molecule has 0 radical (unpaired) electrons. The summed E-state index contributed by atoms with van der Waals surface area (Å²) >= 11 is 0. The van der Waals surface area contributed by atoms with Crippen molar-refractivity contribution in [3.8, 4) is 5.75 Å². The molecule has 6 heteroatoms. The fourth-order valence-electron chi connectivity index (χ4n) is 2.70. The minimum atomic E-state index is -0.0912. The maximum absolute atomic E-state index is 5.33. The number of allylic oxidation sites excluding steroid dienone is 1. The standard InChI is InChI=1S/C17H15N5O/c1-23-14-9-5-8-13(10-14)16-11-15(12-6-3-2-4-7-12)18-17-19-20-21-22(16)17/h2-11,16H,1H3,(H,18,19,21)/t16-/m0/s1. The fourth-order valence-corrected chi connectivity index (χ4v) is 2.70. The molecule has 0 saturated heterocycles. The average Bonchev–Trinajstić information content (AvgIpc) is 3.10. The predicted octanol–water partition coefficient (Wildman–Crippen LogP) is 2.74. The molecule has 0 spiro atoms. The highest BCUT2D eigenvalue weighted by Gasteiger charge is 2.24. The predicted molar refractivity (Wildman–Crippen MR) is 87.0 cm³/mol. The number of benzene rings is 2. The highest BCUT2D eigenvalue weighted by Crippen LogP contribution is 2.32. The van der Waals surface area contributed by atoms with Crippen molar-refractivity contribution in [2.24, 2.45) is 0 Å². The minimum Gasteiger partial charge on any atom is -0.497 e. The second-order valence-electron chi connectivity index (χ2n) is 5.24. The molecule has 0 saturated carbocycles. The average molecular weight is 305 g/mol. The lowest BCUT2D eigenvalue weighted by atomic mass is 10.0. The maximum atomic E-state index is 5.33. The molecule has 2 aromatic carbocycles. The monoisotopic (exact) mass is 305 g/mol. The second kappa shape index (κ2) is 5.57. The van der Waals surface area contributed by atoms with Gasteiger partial charge in [-0.3, -0.25) is 0 Å². The SMILES string of the molecule is COc1cccc([C@@H]2C=C(c3ccccc3)Nc3nnnn32)c1. The van der Waals surface area contributed by atoms with Gasteiger partial charge in [-0.1, -0.05) is 47.6 Å². The van der Waals surface area contributed by atoms with Crippen LogP contribution in [0, 0.1) is 0 Å². The largest absolute Gasteiger partial charge is 0.497 e. The topological polar surface area (TPSA) is 64.9 Å². The van der Waals surface area contributed by atoms with E-state index in [1.165, 1.54) is 0 Å². The summed E-state index contributed by atoms with van der Waals surface area (Å²) in [5, 5.41) is 15.2. The number of ether oxygens (including phenoxy) is 1. The molecule has 1 aliphatic heterocycles. The highest BCUT2D eigenvalue weighted by atomic mass is 16.5. The first-order valence-corrected chi connectivity index (χ1v) is 7.31. The fraction of sp³-hybridized carbons (Fsp3) is 0.118. The summed E-state index contributed by atoms with van der Waals surface area (Å²) in [6, 6.07) is 18.0. The van der Waals surface area contributed by atoms with Crippen molar-refractivity contribution in [1.29, 1.82) is 0 Å². The second-order valence-corrected chi connectivity index (χ2v) is 5.24. The van der Waals surface area contributed by atoms with Crippen molar-refractivity contribution >= 4 is 11.6 Å². The molecule has 23 heavy (non-hydrogen) atoms. The van der Waals surface area contributed by atoms with Crippen molar-refractivity contribution in [3.63, 3.8) is 0 Å². The van der Waals surface area contributed by atoms with Gasteiger partial charge in [0.05, 0.1) is 7.11 Å². The van der Waals surface area contributed by atoms with Gasteiger partial charge in [-0.25, -0.2) is 0 Å². The summed E-state index contributed by atoms with van der Waals surface area (Å²) in [4.78, 5) is 0. The van der Waals surface area contributed by atoms with Gasteiger partial charge in [0.15, 0.2) is 0 Å². The van der Waals surface area contributed by atoms with Crippen LogP contribution in [0.25, 0.3) is 5.70 Å². The molecule has 0 amide bonds. The lowest BCUT2D eigenvalue weighted by Gasteiger charge is -2.23. The van der Waals surface area contributed by atoms with Crippen LogP contribution in [-0.4, -0.2) is 27.3 Å². The van der Waals surface area contributed by atoms with Crippen molar-refractivity contribution in [3.05, 3.63) is 71.8 Å². The minimum absolute atomic E-state index is 0.0912. The summed E-state index contributed by atoms with van der Waals surface area (Å²) in [5.74, 6) is 1.43. The molecule has 1 N–H and O–H groups in total. The normalized spacial score (nSPS) is 16.2. The number of hydrogen-bond acceptors (Lipinski definition) is 5. The Morgan fingerprint density at radius 2 is 1.96 bits per heavy atom. The van der Waals surface area contributed by atoms with Gasteiger partial charge in [0.2, 0.25) is 5.95 Å². The number of nitrogens with zero attached hydrogens (tertiary/aromatic N) is 4. The molecule has 1 atom stereocenters. The van der Waals surface area contributed by atoms with Crippen molar-refractivity contribution < 1.29 is 4.74 Å². The van der Waals surface area contributed by atoms with Gasteiger partial charge in [-0.15, -0.1) is 0 Å². The third-order valence-electron chi connectivity index (χ3n) is 3.85. The summed E-state index contributed by atoms with van der Waals surface area (Å²) in [6.07, 6.45) is 2.12. The molecule has 1 aliphatic rings. The van der Waals surface area contributed by atoms with E-state index < -0.39 is 0 Å². The Kier molecular flexibility index (Phi) is 3.27. The Morgan fingerprint density at radius 3 is 2.78 bits per heavy atom. The van der Waals surface area contributed by atoms with Gasteiger partial charge in [0.25, 0.3) is 0 Å². The van der Waals surface area contributed by atoms with Gasteiger partial charge in [-0.2, -0.15) is 4.68 Å². The first-order chi connectivity index (χ1) is 11.3. The molecule has 4 rings (SSSR count). The van der Waals surface area contributed by atoms with Crippen LogP contribution in [0.4, 0.5) is 5.95 Å². The Labute approximate surface area is 133 Å². The molecule has 3 aromatic rings. The van der Waals surface area contributed by atoms with Gasteiger partial charge in [-0.05, 0) is 39.8 Å². The molecule has 6 nitrogen and oxygen atoms in total. The van der Waals surface area contributed by atoms with E-state index in [9.17, 15) is 0 Å². The van der Waals surface area contributed by atoms with E-state index in [0.717, 1.165) is 22.6 Å². The van der Waals surface area contributed by atoms with E-state index in [-0.39, 0.29) is 6.04 Å². The molecule has 0 bridgehead atoms. The van der Waals surface area contributed by atoms with Gasteiger partial charge < -0.3 is 10.1 Å². The molecule has 1 aromatic heterocycles. The molecule has 0 unspecified atom stereocenters. The summed E-state index contributed by atoms with van der Waals surface area (Å²) < 4.78 is 7.09. The van der Waals surface area contributed by atoms with E-state index in [0.29, 0.717) is 5.95 Å². The lowest BCUT2D eigenvalue weighted by molar-refractivity contribution is 0.413. The van der Waals surface area contributed by atoms with Crippen LogP contribution in [0.5, 0.6) is 5.75 Å². The molecule has 0 aliphatic carbocycles. The summed E-state index contributed by atoms with van der Waals surface area (Å²) in [7, 11) is 1.66. The number of aromatic nitrogens is 4. The van der Waals surface area contributed by atoms with Gasteiger partial charge >= 0.3 is 0 Å². The van der Waals surface area contributed by atoms with Gasteiger partial charge in [0, 0.05) is 5.70 Å². The summed E-state index contributed by atoms with van der Waals surface area (Å²) in [6.45, 7) is 0. The summed E-state index contributed by atoms with van der Waals surface area (Å²) in [5.41, 5.74) is 3.14. The van der Waals surface area contributed by atoms with Crippen LogP contribution in [0.2, 0.25) is 0 Å². The Balaban J connectivity index is 1.82. The van der Waals surface area contributed by atoms with Crippen LogP contribution in [-0.2, 0) is 0 Å². The zero-order valence-electron chi connectivity index (χ0n) is 12.5. The first-order valence-electron chi connectivity index (χ1n) is 7.31. The van der Waals surface area contributed by atoms with Crippen molar-refractivity contribution in [2.75, 3.05) is 12.4 Å². The first kappa shape index (κ1) is 13.5. The molecule has 2 heterocycles. The zero-order valence-corrected chi connectivity index (χ0v) is 12.5. The van der Waals surface area contributed by atoms with Crippen LogP contribution < -0.4 is 10.1 Å². The number of fused-ring (bicyclic) bond motifs is 1. The number of tetrazole rings is 1. The number of methoxy groups -OCH3 is 1. The van der Waals surface area contributed by atoms with Crippen molar-refractivity contribution in [1.82, 2.24) is 20.2 Å². The van der Waals surface area contributed by atoms with Crippen LogP contribution >= 0.6 is 0 Å². The van der Waals surface area contributed by atoms with Crippen LogP contribution in [0.15, 0.2) is 60.7 Å². The van der Waals surface area contributed by atoms with E-state index >= 15 is 0 Å². The zero-order chi connectivity index (χ0) is 15.6. The number of rotatable bonds is 3. The lowest BCUT2D eigenvalue weighted by Crippen LogP contribution is -2.20. The molecular formula is C17H15N5O. The maximum Gasteiger partial charge on any atom is 0.248 e. The number of hydrogen-bond donors (Lipinski definition) is 1. The highest BCUT2D eigenvalue weighted by molar-refractivity contribution is 5.76. The van der Waals surface area contributed by atoms with Crippen LogP contribution in [0.3, 0.4) is 0 Å². The Morgan fingerprint density at radius 1 is 1.09 bits per heavy atom. The third-order valence-corrected chi connectivity index (χ3v) is 3.85. The molecule has 114 valence electrons.